The molecule has 0 saturated carbocycles. The summed E-state index contributed by atoms with van der Waals surface area (Å²) in [5.74, 6) is -0.467. The zero-order valence-corrected chi connectivity index (χ0v) is 17.0. The molecule has 4 rings (SSSR count). The van der Waals surface area contributed by atoms with Crippen molar-refractivity contribution in [3.63, 3.8) is 0 Å². The Kier molecular flexibility index (Phi) is 5.17. The maximum absolute atomic E-state index is 13.0. The standard InChI is InChI=1S/C23H21N5O3/c1-14-5-9-16(10-6-14)26-27-19-3-2-4-20(29)22(19)21(18(13-24)23(27)25)15-7-11-17(12-8-15)28(30)31/h5-12,21,26H,2-4,25H2,1H3. The summed E-state index contributed by atoms with van der Waals surface area (Å²) in [5, 5.41) is 22.6. The predicted molar refractivity (Wildman–Crippen MR) is 115 cm³/mol. The Hall–Kier alpha value is -4.12. The number of hydrogen-bond acceptors (Lipinski definition) is 7. The quantitative estimate of drug-likeness (QED) is 0.570. The number of rotatable bonds is 4. The molecule has 0 aromatic heterocycles. The number of nitro benzene ring substituents is 1. The number of ketones is 1. The number of non-ortho nitro benzene ring substituents is 1. The number of nitriles is 1. The number of nitrogens with zero attached hydrogens (tertiary/aromatic N) is 3. The molecule has 3 N–H and O–H groups in total. The number of carbonyl (C=O) groups excluding carboxylic acids is 1. The molecule has 2 aromatic carbocycles. The van der Waals surface area contributed by atoms with E-state index in [1.54, 1.807) is 17.1 Å². The molecule has 0 bridgehead atoms. The van der Waals surface area contributed by atoms with Crippen molar-refractivity contribution < 1.29 is 9.72 Å². The van der Waals surface area contributed by atoms with Gasteiger partial charge in [0.2, 0.25) is 0 Å². The molecule has 0 radical (unpaired) electrons. The first-order valence-electron chi connectivity index (χ1n) is 9.94. The second kappa shape index (κ2) is 7.95. The first kappa shape index (κ1) is 20.2. The molecule has 0 spiro atoms. The predicted octanol–water partition coefficient (Wildman–Crippen LogP) is 4.03. The Labute approximate surface area is 179 Å². The normalized spacial score (nSPS) is 18.5. The molecule has 0 saturated heterocycles. The average molecular weight is 415 g/mol. The third kappa shape index (κ3) is 3.62. The largest absolute Gasteiger partial charge is 0.383 e. The minimum absolute atomic E-state index is 0.0411. The Bertz CT molecular complexity index is 1160. The zero-order chi connectivity index (χ0) is 22.1. The average Bonchev–Trinajstić information content (AvgIpc) is 2.77. The summed E-state index contributed by atoms with van der Waals surface area (Å²) in [6.45, 7) is 1.99. The summed E-state index contributed by atoms with van der Waals surface area (Å²) in [5.41, 5.74) is 13.6. The highest BCUT2D eigenvalue weighted by Gasteiger charge is 2.40. The molecule has 156 valence electrons. The minimum Gasteiger partial charge on any atom is -0.383 e. The van der Waals surface area contributed by atoms with Gasteiger partial charge >= 0.3 is 0 Å². The van der Waals surface area contributed by atoms with Gasteiger partial charge in [-0.25, -0.2) is 5.01 Å². The molecule has 8 nitrogen and oxygen atoms in total. The Morgan fingerprint density at radius 3 is 2.45 bits per heavy atom. The summed E-state index contributed by atoms with van der Waals surface area (Å²) in [4.78, 5) is 23.5. The lowest BCUT2D eigenvalue weighted by molar-refractivity contribution is -0.384. The number of hydrogen-bond donors (Lipinski definition) is 2. The molecule has 2 aromatic rings. The lowest BCUT2D eigenvalue weighted by atomic mass is 9.76. The number of nitrogens with one attached hydrogen (secondary N) is 1. The van der Waals surface area contributed by atoms with Crippen LogP contribution in [0.3, 0.4) is 0 Å². The van der Waals surface area contributed by atoms with Gasteiger partial charge in [-0.15, -0.1) is 0 Å². The third-order valence-corrected chi connectivity index (χ3v) is 5.64. The van der Waals surface area contributed by atoms with Crippen LogP contribution in [0.4, 0.5) is 11.4 Å². The molecule has 1 heterocycles. The number of carbonyl (C=O) groups is 1. The fourth-order valence-corrected chi connectivity index (χ4v) is 4.09. The van der Waals surface area contributed by atoms with E-state index in [1.165, 1.54) is 12.1 Å². The molecule has 31 heavy (non-hydrogen) atoms. The van der Waals surface area contributed by atoms with Gasteiger partial charge in [0.25, 0.3) is 5.69 Å². The van der Waals surface area contributed by atoms with Gasteiger partial charge in [-0.1, -0.05) is 29.8 Å². The molecule has 1 atom stereocenters. The van der Waals surface area contributed by atoms with Crippen LogP contribution < -0.4 is 11.2 Å². The summed E-state index contributed by atoms with van der Waals surface area (Å²) >= 11 is 0. The molecule has 1 aliphatic carbocycles. The number of benzene rings is 2. The maximum Gasteiger partial charge on any atom is 0.269 e. The van der Waals surface area contributed by atoms with Crippen molar-refractivity contribution in [1.29, 1.82) is 5.26 Å². The molecular formula is C23H21N5O3. The van der Waals surface area contributed by atoms with Crippen molar-refractivity contribution in [2.75, 3.05) is 5.43 Å². The number of anilines is 1. The van der Waals surface area contributed by atoms with Crippen LogP contribution in [-0.2, 0) is 4.79 Å². The first-order chi connectivity index (χ1) is 14.9. The SMILES string of the molecule is Cc1ccc(NN2C(N)=C(C#N)C(c3ccc([N+](=O)[O-])cc3)C3=C2CCCC3=O)cc1. The molecule has 2 aliphatic rings. The van der Waals surface area contributed by atoms with Crippen LogP contribution in [0, 0.1) is 28.4 Å². The topological polar surface area (TPSA) is 125 Å². The highest BCUT2D eigenvalue weighted by molar-refractivity contribution is 5.99. The van der Waals surface area contributed by atoms with E-state index in [9.17, 15) is 20.2 Å². The number of hydrazine groups is 1. The van der Waals surface area contributed by atoms with E-state index < -0.39 is 10.8 Å². The van der Waals surface area contributed by atoms with Gasteiger partial charge in [0.1, 0.15) is 5.82 Å². The molecule has 1 unspecified atom stereocenters. The van der Waals surface area contributed by atoms with E-state index in [4.69, 9.17) is 5.73 Å². The van der Waals surface area contributed by atoms with Gasteiger partial charge in [-0.2, -0.15) is 5.26 Å². The number of nitro groups is 1. The molecule has 1 aliphatic heterocycles. The Morgan fingerprint density at radius 1 is 1.16 bits per heavy atom. The van der Waals surface area contributed by atoms with E-state index in [0.29, 0.717) is 30.4 Å². The van der Waals surface area contributed by atoms with E-state index in [-0.39, 0.29) is 22.9 Å². The van der Waals surface area contributed by atoms with Crippen molar-refractivity contribution in [1.82, 2.24) is 5.01 Å². The maximum atomic E-state index is 13.0. The fourth-order valence-electron chi connectivity index (χ4n) is 4.09. The molecular weight excluding hydrogens is 394 g/mol. The summed E-state index contributed by atoms with van der Waals surface area (Å²) < 4.78 is 0. The van der Waals surface area contributed by atoms with Gasteiger partial charge in [0, 0.05) is 29.8 Å². The van der Waals surface area contributed by atoms with E-state index in [2.05, 4.69) is 11.5 Å². The van der Waals surface area contributed by atoms with Crippen LogP contribution in [0.2, 0.25) is 0 Å². The van der Waals surface area contributed by atoms with Gasteiger partial charge in [0.05, 0.1) is 28.2 Å². The molecule has 0 fully saturated rings. The van der Waals surface area contributed by atoms with Gasteiger partial charge < -0.3 is 5.73 Å². The molecule has 8 heteroatoms. The van der Waals surface area contributed by atoms with Crippen LogP contribution in [0.15, 0.2) is 71.2 Å². The number of nitrogens with two attached hydrogens (primary N) is 1. The van der Waals surface area contributed by atoms with E-state index >= 15 is 0 Å². The Morgan fingerprint density at radius 2 is 1.84 bits per heavy atom. The van der Waals surface area contributed by atoms with Crippen LogP contribution in [-0.4, -0.2) is 15.7 Å². The van der Waals surface area contributed by atoms with Crippen molar-refractivity contribution in [2.24, 2.45) is 5.73 Å². The van der Waals surface area contributed by atoms with Crippen molar-refractivity contribution in [3.8, 4) is 6.07 Å². The van der Waals surface area contributed by atoms with Gasteiger partial charge in [-0.05, 0) is 37.5 Å². The Balaban J connectivity index is 1.83. The highest BCUT2D eigenvalue weighted by atomic mass is 16.6. The second-order valence-corrected chi connectivity index (χ2v) is 7.64. The number of Topliss-reactive ketones (excluding diaryl/α,β-unsaturated/α-hetero) is 1. The first-order valence-corrected chi connectivity index (χ1v) is 9.94. The number of aryl methyl sites for hydroxylation is 1. The second-order valence-electron chi connectivity index (χ2n) is 7.64. The third-order valence-electron chi connectivity index (χ3n) is 5.64. The van der Waals surface area contributed by atoms with Crippen LogP contribution in [0.1, 0.15) is 36.3 Å². The highest BCUT2D eigenvalue weighted by Crippen LogP contribution is 2.44. The van der Waals surface area contributed by atoms with Crippen LogP contribution >= 0.6 is 0 Å². The van der Waals surface area contributed by atoms with E-state index in [0.717, 1.165) is 16.9 Å². The van der Waals surface area contributed by atoms with Gasteiger partial charge in [0.15, 0.2) is 5.78 Å². The van der Waals surface area contributed by atoms with E-state index in [1.807, 2.05) is 31.2 Å². The molecule has 0 amide bonds. The van der Waals surface area contributed by atoms with Crippen LogP contribution in [0.5, 0.6) is 0 Å². The minimum atomic E-state index is -0.648. The summed E-state index contributed by atoms with van der Waals surface area (Å²) in [6, 6.07) is 15.8. The van der Waals surface area contributed by atoms with Crippen molar-refractivity contribution in [2.45, 2.75) is 32.1 Å². The fraction of sp³-hybridized carbons (Fsp3) is 0.217. The van der Waals surface area contributed by atoms with Gasteiger partial charge in [-0.3, -0.25) is 20.3 Å². The monoisotopic (exact) mass is 415 g/mol. The van der Waals surface area contributed by atoms with Crippen LogP contribution in [0.25, 0.3) is 0 Å². The summed E-state index contributed by atoms with van der Waals surface area (Å²) in [7, 11) is 0. The smallest absolute Gasteiger partial charge is 0.269 e. The lowest BCUT2D eigenvalue weighted by Gasteiger charge is -2.39. The van der Waals surface area contributed by atoms with Crippen molar-refractivity contribution in [3.05, 3.63) is 92.4 Å². The summed E-state index contributed by atoms with van der Waals surface area (Å²) in [6.07, 6.45) is 1.70. The zero-order valence-electron chi connectivity index (χ0n) is 17.0. The lowest BCUT2D eigenvalue weighted by Crippen LogP contribution is -2.41. The van der Waals surface area contributed by atoms with Crippen molar-refractivity contribution >= 4 is 17.2 Å². The number of allylic oxidation sites excluding steroid dienone is 3.